The summed E-state index contributed by atoms with van der Waals surface area (Å²) in [4.78, 5) is 5.13. The van der Waals surface area contributed by atoms with E-state index in [2.05, 4.69) is 4.98 Å². The molecule has 0 aliphatic carbocycles. The van der Waals surface area contributed by atoms with Gasteiger partial charge in [-0.1, -0.05) is 17.7 Å². The molecule has 0 N–H and O–H groups in total. The maximum absolute atomic E-state index is 12.6. The van der Waals surface area contributed by atoms with Gasteiger partial charge in [0.2, 0.25) is 5.89 Å². The van der Waals surface area contributed by atoms with E-state index in [9.17, 15) is 8.42 Å². The van der Waals surface area contributed by atoms with Gasteiger partial charge in [-0.05, 0) is 29.1 Å². The Hall–Kier alpha value is -2.03. The lowest BCUT2D eigenvalue weighted by molar-refractivity contribution is 0.297. The molecule has 4 rings (SSSR count). The standard InChI is InChI=1S/C18H16ClNO5S2/c19-14-7-12(8-15-17(14)24-5-2-4-23-15)10-27(21,22)11-13-9-25-18(20-13)16-3-1-6-26-16/h1,3,6-9H,2,4-5,10-11H2. The summed E-state index contributed by atoms with van der Waals surface area (Å²) in [5, 5.41) is 2.25. The zero-order chi connectivity index (χ0) is 18.9. The first-order valence-electron chi connectivity index (χ1n) is 8.27. The van der Waals surface area contributed by atoms with E-state index in [0.717, 1.165) is 11.3 Å². The van der Waals surface area contributed by atoms with Crippen LogP contribution in [0.4, 0.5) is 0 Å². The molecule has 9 heteroatoms. The number of benzene rings is 1. The van der Waals surface area contributed by atoms with Gasteiger partial charge < -0.3 is 13.9 Å². The Morgan fingerprint density at radius 3 is 2.85 bits per heavy atom. The normalized spacial score (nSPS) is 14.1. The van der Waals surface area contributed by atoms with Crippen LogP contribution in [0.25, 0.3) is 10.8 Å². The third-order valence-corrected chi connectivity index (χ3v) is 6.55. The van der Waals surface area contributed by atoms with Gasteiger partial charge in [0.15, 0.2) is 21.3 Å². The summed E-state index contributed by atoms with van der Waals surface area (Å²) >= 11 is 7.72. The Kier molecular flexibility index (Phi) is 5.12. The van der Waals surface area contributed by atoms with E-state index in [4.69, 9.17) is 25.5 Å². The van der Waals surface area contributed by atoms with Crippen LogP contribution < -0.4 is 9.47 Å². The molecule has 1 aliphatic rings. The molecule has 0 saturated heterocycles. The van der Waals surface area contributed by atoms with Gasteiger partial charge in [0, 0.05) is 6.42 Å². The number of aromatic nitrogens is 1. The molecule has 0 radical (unpaired) electrons. The molecular formula is C18H16ClNO5S2. The molecule has 2 aromatic heterocycles. The lowest BCUT2D eigenvalue weighted by Crippen LogP contribution is -2.08. The van der Waals surface area contributed by atoms with Crippen molar-refractivity contribution in [2.45, 2.75) is 17.9 Å². The van der Waals surface area contributed by atoms with Crippen molar-refractivity contribution in [1.82, 2.24) is 4.98 Å². The summed E-state index contributed by atoms with van der Waals surface area (Å²) in [6, 6.07) is 7.03. The average molecular weight is 426 g/mol. The SMILES string of the molecule is O=S(=O)(Cc1cc(Cl)c2c(c1)OCCCO2)Cc1coc(-c2cccs2)n1. The maximum atomic E-state index is 12.6. The zero-order valence-corrected chi connectivity index (χ0v) is 16.6. The molecule has 27 heavy (non-hydrogen) atoms. The number of sulfone groups is 1. The molecule has 0 fully saturated rings. The van der Waals surface area contributed by atoms with Gasteiger partial charge in [-0.25, -0.2) is 13.4 Å². The topological polar surface area (TPSA) is 78.6 Å². The number of halogens is 1. The minimum Gasteiger partial charge on any atom is -0.489 e. The van der Waals surface area contributed by atoms with Crippen molar-refractivity contribution in [3.05, 3.63) is 52.2 Å². The summed E-state index contributed by atoms with van der Waals surface area (Å²) in [5.41, 5.74) is 0.921. The van der Waals surface area contributed by atoms with Gasteiger partial charge >= 0.3 is 0 Å². The van der Waals surface area contributed by atoms with Crippen molar-refractivity contribution >= 4 is 32.8 Å². The van der Waals surface area contributed by atoms with Crippen LogP contribution in [-0.2, 0) is 21.3 Å². The average Bonchev–Trinajstić information content (AvgIpc) is 3.22. The first kappa shape index (κ1) is 18.3. The van der Waals surface area contributed by atoms with Crippen molar-refractivity contribution in [1.29, 1.82) is 0 Å². The van der Waals surface area contributed by atoms with Gasteiger partial charge in [-0.3, -0.25) is 0 Å². The van der Waals surface area contributed by atoms with E-state index in [1.54, 1.807) is 12.1 Å². The van der Waals surface area contributed by atoms with Crippen LogP contribution in [-0.4, -0.2) is 26.6 Å². The second-order valence-electron chi connectivity index (χ2n) is 6.11. The van der Waals surface area contributed by atoms with Gasteiger partial charge in [0.25, 0.3) is 0 Å². The van der Waals surface area contributed by atoms with Crippen molar-refractivity contribution in [3.8, 4) is 22.3 Å². The summed E-state index contributed by atoms with van der Waals surface area (Å²) in [6.45, 7) is 1.02. The fourth-order valence-corrected chi connectivity index (χ4v) is 5.09. The van der Waals surface area contributed by atoms with Crippen molar-refractivity contribution in [2.75, 3.05) is 13.2 Å². The van der Waals surface area contributed by atoms with Crippen molar-refractivity contribution in [3.63, 3.8) is 0 Å². The smallest absolute Gasteiger partial charge is 0.236 e. The molecule has 142 valence electrons. The molecule has 0 amide bonds. The van der Waals surface area contributed by atoms with Crippen LogP contribution in [0.3, 0.4) is 0 Å². The second kappa shape index (κ2) is 7.53. The van der Waals surface area contributed by atoms with Crippen LogP contribution in [0, 0.1) is 0 Å². The van der Waals surface area contributed by atoms with E-state index in [1.165, 1.54) is 17.6 Å². The van der Waals surface area contributed by atoms with Crippen molar-refractivity contribution < 1.29 is 22.3 Å². The fourth-order valence-electron chi connectivity index (χ4n) is 2.78. The largest absolute Gasteiger partial charge is 0.489 e. The fraction of sp³-hybridized carbons (Fsp3) is 0.278. The predicted molar refractivity (Wildman–Crippen MR) is 103 cm³/mol. The highest BCUT2D eigenvalue weighted by Crippen LogP contribution is 2.38. The number of ether oxygens (including phenoxy) is 2. The Labute approximate surface area is 165 Å². The van der Waals surface area contributed by atoms with E-state index >= 15 is 0 Å². The van der Waals surface area contributed by atoms with Crippen LogP contribution in [0.1, 0.15) is 17.7 Å². The highest BCUT2D eigenvalue weighted by atomic mass is 35.5. The molecular weight excluding hydrogens is 410 g/mol. The molecule has 1 aliphatic heterocycles. The monoisotopic (exact) mass is 425 g/mol. The van der Waals surface area contributed by atoms with Crippen molar-refractivity contribution in [2.24, 2.45) is 0 Å². The summed E-state index contributed by atoms with van der Waals surface area (Å²) in [7, 11) is -3.47. The Bertz CT molecular complexity index is 1040. The minimum absolute atomic E-state index is 0.176. The first-order valence-corrected chi connectivity index (χ1v) is 11.3. The minimum atomic E-state index is -3.47. The third kappa shape index (κ3) is 4.28. The molecule has 0 saturated carbocycles. The zero-order valence-electron chi connectivity index (χ0n) is 14.2. The first-order chi connectivity index (χ1) is 13.0. The molecule has 1 aromatic carbocycles. The van der Waals surface area contributed by atoms with E-state index in [0.29, 0.717) is 46.9 Å². The van der Waals surface area contributed by atoms with Gasteiger partial charge in [0.05, 0.1) is 40.3 Å². The van der Waals surface area contributed by atoms with Crippen LogP contribution in [0.15, 0.2) is 40.3 Å². The Morgan fingerprint density at radius 1 is 1.19 bits per heavy atom. The number of nitrogens with zero attached hydrogens (tertiary/aromatic N) is 1. The Balaban J connectivity index is 1.52. The van der Waals surface area contributed by atoms with Gasteiger partial charge in [-0.2, -0.15) is 0 Å². The van der Waals surface area contributed by atoms with Gasteiger partial charge in [0.1, 0.15) is 6.26 Å². The summed E-state index contributed by atoms with van der Waals surface area (Å²) in [5.74, 6) is 0.978. The number of fused-ring (bicyclic) bond motifs is 1. The number of rotatable bonds is 5. The van der Waals surface area contributed by atoms with Crippen LogP contribution in [0.5, 0.6) is 11.5 Å². The van der Waals surface area contributed by atoms with Crippen LogP contribution in [0.2, 0.25) is 5.02 Å². The Morgan fingerprint density at radius 2 is 2.04 bits per heavy atom. The lowest BCUT2D eigenvalue weighted by atomic mass is 10.2. The number of oxazole rings is 1. The number of thiophene rings is 1. The summed E-state index contributed by atoms with van der Waals surface area (Å²) in [6.07, 6.45) is 2.13. The molecule has 0 atom stereocenters. The van der Waals surface area contributed by atoms with E-state index < -0.39 is 9.84 Å². The summed E-state index contributed by atoms with van der Waals surface area (Å²) < 4.78 is 41.8. The molecule has 0 unspecified atom stereocenters. The van der Waals surface area contributed by atoms with E-state index in [-0.39, 0.29) is 11.5 Å². The van der Waals surface area contributed by atoms with Gasteiger partial charge in [-0.15, -0.1) is 11.3 Å². The predicted octanol–water partition coefficient (Wildman–Crippen LogP) is 4.33. The molecule has 3 aromatic rings. The number of hydrogen-bond donors (Lipinski definition) is 0. The number of hydrogen-bond acceptors (Lipinski definition) is 7. The maximum Gasteiger partial charge on any atom is 0.236 e. The highest BCUT2D eigenvalue weighted by molar-refractivity contribution is 7.89. The molecule has 0 bridgehead atoms. The van der Waals surface area contributed by atoms with Crippen LogP contribution >= 0.6 is 22.9 Å². The molecule has 0 spiro atoms. The second-order valence-corrected chi connectivity index (χ2v) is 9.53. The molecule has 3 heterocycles. The highest BCUT2D eigenvalue weighted by Gasteiger charge is 2.21. The van der Waals surface area contributed by atoms with E-state index in [1.807, 2.05) is 17.5 Å². The quantitative estimate of drug-likeness (QED) is 0.605. The molecule has 6 nitrogen and oxygen atoms in total. The third-order valence-electron chi connectivity index (χ3n) is 3.90. The lowest BCUT2D eigenvalue weighted by Gasteiger charge is -2.11.